The molecular formula is C17H19NO3S. The molecule has 2 aliphatic rings. The maximum atomic E-state index is 12.4. The lowest BCUT2D eigenvalue weighted by atomic mass is 9.97. The lowest BCUT2D eigenvalue weighted by Crippen LogP contribution is -2.39. The molecule has 116 valence electrons. The molecule has 1 aromatic rings. The van der Waals surface area contributed by atoms with Crippen molar-refractivity contribution in [1.82, 2.24) is 0 Å². The van der Waals surface area contributed by atoms with Crippen molar-refractivity contribution in [2.45, 2.75) is 31.8 Å². The van der Waals surface area contributed by atoms with E-state index in [0.29, 0.717) is 23.0 Å². The van der Waals surface area contributed by atoms with E-state index in [0.717, 1.165) is 24.0 Å². The molecule has 1 aliphatic heterocycles. The minimum atomic E-state index is -0.423. The quantitative estimate of drug-likeness (QED) is 0.866. The minimum Gasteiger partial charge on any atom is -0.484 e. The summed E-state index contributed by atoms with van der Waals surface area (Å²) >= 11 is 1.44. The first-order valence-corrected chi connectivity index (χ1v) is 8.51. The lowest BCUT2D eigenvalue weighted by molar-refractivity contribution is -0.133. The molecule has 22 heavy (non-hydrogen) atoms. The predicted octanol–water partition coefficient (Wildman–Crippen LogP) is 2.31. The SMILES string of the molecule is CCC1(CCN)CSC2=C(O1)c1ccccc1CC(=O)C2=O. The van der Waals surface area contributed by atoms with Gasteiger partial charge in [0.05, 0.1) is 0 Å². The average molecular weight is 317 g/mol. The van der Waals surface area contributed by atoms with Crippen molar-refractivity contribution in [2.24, 2.45) is 5.73 Å². The number of Topliss-reactive ketones (excluding diaryl/α,β-unsaturated/α-hetero) is 2. The Morgan fingerprint density at radius 3 is 2.82 bits per heavy atom. The van der Waals surface area contributed by atoms with Gasteiger partial charge >= 0.3 is 0 Å². The number of allylic oxidation sites excluding steroid dienone is 1. The third-order valence-corrected chi connectivity index (χ3v) is 5.65. The van der Waals surface area contributed by atoms with Gasteiger partial charge < -0.3 is 10.5 Å². The number of hydrogen-bond acceptors (Lipinski definition) is 5. The third-order valence-electron chi connectivity index (χ3n) is 4.32. The number of carbonyl (C=O) groups is 2. The molecule has 0 fully saturated rings. The molecule has 0 spiro atoms. The van der Waals surface area contributed by atoms with Crippen LogP contribution in [-0.4, -0.2) is 29.5 Å². The fourth-order valence-corrected chi connectivity index (χ4v) is 4.26. The maximum Gasteiger partial charge on any atom is 0.239 e. The maximum absolute atomic E-state index is 12.4. The zero-order valence-corrected chi connectivity index (χ0v) is 13.4. The molecule has 3 rings (SSSR count). The Hall–Kier alpha value is -1.59. The van der Waals surface area contributed by atoms with Crippen molar-refractivity contribution in [2.75, 3.05) is 12.3 Å². The van der Waals surface area contributed by atoms with Crippen LogP contribution in [0.5, 0.6) is 0 Å². The van der Waals surface area contributed by atoms with E-state index in [1.165, 1.54) is 11.8 Å². The number of fused-ring (bicyclic) bond motifs is 2. The van der Waals surface area contributed by atoms with E-state index in [-0.39, 0.29) is 17.8 Å². The normalized spacial score (nSPS) is 24.5. The van der Waals surface area contributed by atoms with E-state index in [4.69, 9.17) is 10.5 Å². The number of hydrogen-bond donors (Lipinski definition) is 1. The molecule has 5 heteroatoms. The first-order valence-electron chi connectivity index (χ1n) is 7.52. The zero-order chi connectivity index (χ0) is 15.7. The fraction of sp³-hybridized carbons (Fsp3) is 0.412. The summed E-state index contributed by atoms with van der Waals surface area (Å²) in [5, 5.41) is 0. The Morgan fingerprint density at radius 1 is 1.32 bits per heavy atom. The molecule has 1 atom stereocenters. The van der Waals surface area contributed by atoms with Gasteiger partial charge in [-0.3, -0.25) is 9.59 Å². The summed E-state index contributed by atoms with van der Waals surface area (Å²) < 4.78 is 6.30. The number of nitrogens with two attached hydrogens (primary N) is 1. The summed E-state index contributed by atoms with van der Waals surface area (Å²) in [6, 6.07) is 7.59. The minimum absolute atomic E-state index is 0.141. The highest BCUT2D eigenvalue weighted by molar-refractivity contribution is 8.04. The summed E-state index contributed by atoms with van der Waals surface area (Å²) in [5.41, 5.74) is 7.09. The second-order valence-corrected chi connectivity index (χ2v) is 6.70. The van der Waals surface area contributed by atoms with E-state index < -0.39 is 5.78 Å². The Bertz CT molecular complexity index is 668. The van der Waals surface area contributed by atoms with E-state index in [1.807, 2.05) is 24.3 Å². The number of benzene rings is 1. The summed E-state index contributed by atoms with van der Waals surface area (Å²) in [5.74, 6) is 0.434. The molecule has 0 amide bonds. The van der Waals surface area contributed by atoms with Gasteiger partial charge in [-0.05, 0) is 18.5 Å². The van der Waals surface area contributed by atoms with Crippen molar-refractivity contribution >= 4 is 29.1 Å². The molecule has 1 aromatic carbocycles. The van der Waals surface area contributed by atoms with Gasteiger partial charge in [-0.25, -0.2) is 0 Å². The highest BCUT2D eigenvalue weighted by atomic mass is 32.2. The molecule has 1 aliphatic carbocycles. The monoisotopic (exact) mass is 317 g/mol. The number of carbonyl (C=O) groups excluding carboxylic acids is 2. The molecule has 1 unspecified atom stereocenters. The van der Waals surface area contributed by atoms with Crippen molar-refractivity contribution in [3.63, 3.8) is 0 Å². The van der Waals surface area contributed by atoms with Gasteiger partial charge in [-0.2, -0.15) is 0 Å². The van der Waals surface area contributed by atoms with Gasteiger partial charge in [0.2, 0.25) is 11.6 Å². The summed E-state index contributed by atoms with van der Waals surface area (Å²) in [7, 11) is 0. The number of thioether (sulfide) groups is 1. The van der Waals surface area contributed by atoms with Crippen LogP contribution in [0.4, 0.5) is 0 Å². The van der Waals surface area contributed by atoms with Crippen LogP contribution in [0.25, 0.3) is 5.76 Å². The zero-order valence-electron chi connectivity index (χ0n) is 12.6. The Balaban J connectivity index is 2.12. The Morgan fingerprint density at radius 2 is 2.09 bits per heavy atom. The highest BCUT2D eigenvalue weighted by Gasteiger charge is 2.41. The second kappa shape index (κ2) is 5.89. The van der Waals surface area contributed by atoms with Gasteiger partial charge in [0.1, 0.15) is 16.3 Å². The Labute approximate surface area is 134 Å². The molecule has 0 bridgehead atoms. The van der Waals surface area contributed by atoms with Gasteiger partial charge in [0.25, 0.3) is 0 Å². The number of ether oxygens (including phenoxy) is 1. The molecule has 0 aromatic heterocycles. The third kappa shape index (κ3) is 2.48. The number of ketones is 2. The first-order chi connectivity index (χ1) is 10.6. The highest BCUT2D eigenvalue weighted by Crippen LogP contribution is 2.44. The van der Waals surface area contributed by atoms with E-state index in [9.17, 15) is 9.59 Å². The van der Waals surface area contributed by atoms with Gasteiger partial charge in [-0.1, -0.05) is 31.2 Å². The van der Waals surface area contributed by atoms with Crippen molar-refractivity contribution < 1.29 is 14.3 Å². The van der Waals surface area contributed by atoms with Crippen LogP contribution in [-0.2, 0) is 20.7 Å². The van der Waals surface area contributed by atoms with Crippen LogP contribution in [0, 0.1) is 0 Å². The molecular weight excluding hydrogens is 298 g/mol. The molecule has 1 heterocycles. The van der Waals surface area contributed by atoms with Crippen LogP contribution in [0.3, 0.4) is 0 Å². The lowest BCUT2D eigenvalue weighted by Gasteiger charge is -2.38. The predicted molar refractivity (Wildman–Crippen MR) is 87.3 cm³/mol. The summed E-state index contributed by atoms with van der Waals surface area (Å²) in [6.07, 6.45) is 1.69. The van der Waals surface area contributed by atoms with Gasteiger partial charge in [0, 0.05) is 24.2 Å². The van der Waals surface area contributed by atoms with Crippen molar-refractivity contribution in [3.05, 3.63) is 40.3 Å². The second-order valence-electron chi connectivity index (χ2n) is 5.71. The van der Waals surface area contributed by atoms with Crippen LogP contribution >= 0.6 is 11.8 Å². The molecule has 0 radical (unpaired) electrons. The van der Waals surface area contributed by atoms with Crippen molar-refractivity contribution in [1.29, 1.82) is 0 Å². The van der Waals surface area contributed by atoms with Crippen molar-refractivity contribution in [3.8, 4) is 0 Å². The van der Waals surface area contributed by atoms with Gasteiger partial charge in [0.15, 0.2) is 0 Å². The van der Waals surface area contributed by atoms with Crippen LogP contribution in [0.2, 0.25) is 0 Å². The van der Waals surface area contributed by atoms with E-state index >= 15 is 0 Å². The summed E-state index contributed by atoms with van der Waals surface area (Å²) in [6.45, 7) is 2.60. The standard InChI is InChI=1S/C17H19NO3S/c1-2-17(7-8-18)10-22-16-14(20)13(19)9-11-5-3-4-6-12(11)15(16)21-17/h3-6H,2,7-10,18H2,1H3. The fourth-order valence-electron chi connectivity index (χ4n) is 2.92. The largest absolute Gasteiger partial charge is 0.484 e. The molecule has 0 saturated heterocycles. The molecule has 2 N–H and O–H groups in total. The van der Waals surface area contributed by atoms with Crippen LogP contribution < -0.4 is 5.73 Å². The van der Waals surface area contributed by atoms with E-state index in [1.54, 1.807) is 0 Å². The van der Waals surface area contributed by atoms with Gasteiger partial charge in [-0.15, -0.1) is 11.8 Å². The smallest absolute Gasteiger partial charge is 0.239 e. The average Bonchev–Trinajstić information content (AvgIpc) is 2.64. The molecule has 0 saturated carbocycles. The molecule has 4 nitrogen and oxygen atoms in total. The first kappa shape index (κ1) is 15.3. The summed E-state index contributed by atoms with van der Waals surface area (Å²) in [4.78, 5) is 24.9. The van der Waals surface area contributed by atoms with Crippen LogP contribution in [0.15, 0.2) is 29.2 Å². The number of rotatable bonds is 3. The van der Waals surface area contributed by atoms with Crippen LogP contribution in [0.1, 0.15) is 30.9 Å². The topological polar surface area (TPSA) is 69.4 Å². The van der Waals surface area contributed by atoms with E-state index in [2.05, 4.69) is 6.92 Å². The Kier molecular flexibility index (Phi) is 4.10.